The molecule has 2 aromatic rings. The number of nitrogens with zero attached hydrogens (tertiary/aromatic N) is 3. The molecule has 0 radical (unpaired) electrons. The number of carbonyl (C=O) groups is 1. The number of nitrogens with one attached hydrogen (secondary N) is 1. The molecule has 2 fully saturated rings. The van der Waals surface area contributed by atoms with Gasteiger partial charge in [-0.2, -0.15) is 4.98 Å². The maximum atomic E-state index is 12.4. The van der Waals surface area contributed by atoms with Crippen molar-refractivity contribution in [3.05, 3.63) is 47.6 Å². The standard InChI is InChI=1S/C21H28N4O3/c26-21(22-10-6-16-4-2-1-3-5-16)25-11-7-17(15-25)14-19-23-20(28-24-19)18-8-12-27-13-9-18/h1-5,17-18H,6-15H2,(H,22,26). The van der Waals surface area contributed by atoms with E-state index in [1.165, 1.54) is 5.56 Å². The number of ether oxygens (including phenoxy) is 1. The number of hydrogen-bond donors (Lipinski definition) is 1. The van der Waals surface area contributed by atoms with Crippen molar-refractivity contribution in [2.75, 3.05) is 32.8 Å². The highest BCUT2D eigenvalue weighted by Gasteiger charge is 2.28. The topological polar surface area (TPSA) is 80.5 Å². The molecule has 2 aliphatic rings. The van der Waals surface area contributed by atoms with Crippen LogP contribution in [-0.4, -0.2) is 53.9 Å². The van der Waals surface area contributed by atoms with Crippen molar-refractivity contribution < 1.29 is 14.1 Å². The monoisotopic (exact) mass is 384 g/mol. The highest BCUT2D eigenvalue weighted by Crippen LogP contribution is 2.26. The van der Waals surface area contributed by atoms with E-state index in [0.717, 1.165) is 70.1 Å². The van der Waals surface area contributed by atoms with Crippen molar-refractivity contribution in [1.82, 2.24) is 20.4 Å². The minimum atomic E-state index is 0.0226. The average molecular weight is 384 g/mol. The zero-order chi connectivity index (χ0) is 19.2. The van der Waals surface area contributed by atoms with Gasteiger partial charge in [-0.15, -0.1) is 0 Å². The second-order valence-electron chi connectivity index (χ2n) is 7.71. The summed E-state index contributed by atoms with van der Waals surface area (Å²) in [5.41, 5.74) is 1.24. The molecule has 1 N–H and O–H groups in total. The molecule has 1 atom stereocenters. The summed E-state index contributed by atoms with van der Waals surface area (Å²) in [6.45, 7) is 3.72. The van der Waals surface area contributed by atoms with Crippen LogP contribution in [0.4, 0.5) is 4.79 Å². The largest absolute Gasteiger partial charge is 0.381 e. The first-order valence-corrected chi connectivity index (χ1v) is 10.2. The van der Waals surface area contributed by atoms with Crippen LogP contribution in [0.3, 0.4) is 0 Å². The Morgan fingerprint density at radius 1 is 1.18 bits per heavy atom. The smallest absolute Gasteiger partial charge is 0.317 e. The molecule has 1 aromatic carbocycles. The lowest BCUT2D eigenvalue weighted by Crippen LogP contribution is -2.39. The molecule has 0 saturated carbocycles. The molecule has 3 heterocycles. The van der Waals surface area contributed by atoms with Crippen LogP contribution in [0.1, 0.15) is 42.5 Å². The molecular weight excluding hydrogens is 356 g/mol. The lowest BCUT2D eigenvalue weighted by molar-refractivity contribution is 0.0778. The van der Waals surface area contributed by atoms with Gasteiger partial charge in [0.2, 0.25) is 5.89 Å². The number of aromatic nitrogens is 2. The van der Waals surface area contributed by atoms with Gasteiger partial charge in [-0.25, -0.2) is 4.79 Å². The quantitative estimate of drug-likeness (QED) is 0.828. The van der Waals surface area contributed by atoms with Gasteiger partial charge in [0.05, 0.1) is 0 Å². The number of urea groups is 1. The lowest BCUT2D eigenvalue weighted by Gasteiger charge is -2.18. The Morgan fingerprint density at radius 2 is 2.00 bits per heavy atom. The van der Waals surface area contributed by atoms with Gasteiger partial charge in [0, 0.05) is 45.2 Å². The second-order valence-corrected chi connectivity index (χ2v) is 7.71. The molecule has 7 nitrogen and oxygen atoms in total. The van der Waals surface area contributed by atoms with Crippen molar-refractivity contribution >= 4 is 6.03 Å². The molecule has 1 unspecified atom stereocenters. The zero-order valence-electron chi connectivity index (χ0n) is 16.2. The third-order valence-corrected chi connectivity index (χ3v) is 5.63. The second kappa shape index (κ2) is 9.19. The fourth-order valence-corrected chi connectivity index (χ4v) is 3.97. The predicted molar refractivity (Wildman–Crippen MR) is 104 cm³/mol. The SMILES string of the molecule is O=C(NCCc1ccccc1)N1CCC(Cc2noc(C3CCOCC3)n2)C1. The van der Waals surface area contributed by atoms with Crippen LogP contribution in [0.25, 0.3) is 0 Å². The Kier molecular flexibility index (Phi) is 6.21. The molecule has 7 heteroatoms. The third kappa shape index (κ3) is 4.90. The fraction of sp³-hybridized carbons (Fsp3) is 0.571. The van der Waals surface area contributed by atoms with Crippen LogP contribution in [-0.2, 0) is 17.6 Å². The van der Waals surface area contributed by atoms with Gasteiger partial charge in [-0.3, -0.25) is 0 Å². The first-order valence-electron chi connectivity index (χ1n) is 10.2. The minimum Gasteiger partial charge on any atom is -0.381 e. The van der Waals surface area contributed by atoms with Gasteiger partial charge in [0.25, 0.3) is 0 Å². The number of carbonyl (C=O) groups excluding carboxylic acids is 1. The molecule has 2 amide bonds. The van der Waals surface area contributed by atoms with Gasteiger partial charge in [-0.1, -0.05) is 35.5 Å². The normalized spacial score (nSPS) is 20.4. The summed E-state index contributed by atoms with van der Waals surface area (Å²) in [4.78, 5) is 18.9. The number of amides is 2. The molecule has 4 rings (SSSR count). The molecule has 2 saturated heterocycles. The van der Waals surface area contributed by atoms with E-state index in [0.29, 0.717) is 18.4 Å². The summed E-state index contributed by atoms with van der Waals surface area (Å²) < 4.78 is 10.9. The highest BCUT2D eigenvalue weighted by molar-refractivity contribution is 5.74. The number of likely N-dealkylation sites (tertiary alicyclic amines) is 1. The number of rotatable bonds is 6. The van der Waals surface area contributed by atoms with E-state index >= 15 is 0 Å². The maximum absolute atomic E-state index is 12.4. The fourth-order valence-electron chi connectivity index (χ4n) is 3.97. The minimum absolute atomic E-state index is 0.0226. The Balaban J connectivity index is 1.20. The van der Waals surface area contributed by atoms with Gasteiger partial charge in [0.15, 0.2) is 5.82 Å². The van der Waals surface area contributed by atoms with E-state index in [4.69, 9.17) is 9.26 Å². The Hall–Kier alpha value is -2.41. The molecule has 150 valence electrons. The highest BCUT2D eigenvalue weighted by atomic mass is 16.5. The van der Waals surface area contributed by atoms with Crippen LogP contribution in [0.5, 0.6) is 0 Å². The van der Waals surface area contributed by atoms with E-state index in [1.54, 1.807) is 0 Å². The number of benzene rings is 1. The van der Waals surface area contributed by atoms with E-state index in [9.17, 15) is 4.79 Å². The van der Waals surface area contributed by atoms with Crippen LogP contribution in [0.15, 0.2) is 34.9 Å². The van der Waals surface area contributed by atoms with Crippen molar-refractivity contribution in [2.45, 2.75) is 38.0 Å². The Bertz CT molecular complexity index is 758. The summed E-state index contributed by atoms with van der Waals surface area (Å²) >= 11 is 0. The van der Waals surface area contributed by atoms with E-state index in [2.05, 4.69) is 27.6 Å². The summed E-state index contributed by atoms with van der Waals surface area (Å²) in [7, 11) is 0. The summed E-state index contributed by atoms with van der Waals surface area (Å²) in [6.07, 6.45) is 4.49. The zero-order valence-corrected chi connectivity index (χ0v) is 16.2. The van der Waals surface area contributed by atoms with Gasteiger partial charge in [0.1, 0.15) is 0 Å². The summed E-state index contributed by atoms with van der Waals surface area (Å²) in [5, 5.41) is 7.19. The number of hydrogen-bond acceptors (Lipinski definition) is 5. The Morgan fingerprint density at radius 3 is 2.82 bits per heavy atom. The van der Waals surface area contributed by atoms with Crippen molar-refractivity contribution in [1.29, 1.82) is 0 Å². The van der Waals surface area contributed by atoms with Crippen LogP contribution < -0.4 is 5.32 Å². The van der Waals surface area contributed by atoms with Gasteiger partial charge >= 0.3 is 6.03 Å². The third-order valence-electron chi connectivity index (χ3n) is 5.63. The average Bonchev–Trinajstić information content (AvgIpc) is 3.40. The lowest BCUT2D eigenvalue weighted by atomic mass is 10.0. The Labute approximate surface area is 165 Å². The van der Waals surface area contributed by atoms with E-state index in [1.807, 2.05) is 23.1 Å². The van der Waals surface area contributed by atoms with Crippen molar-refractivity contribution in [3.8, 4) is 0 Å². The molecule has 28 heavy (non-hydrogen) atoms. The molecular formula is C21H28N4O3. The first kappa shape index (κ1) is 18.9. The summed E-state index contributed by atoms with van der Waals surface area (Å²) in [6, 6.07) is 10.2. The van der Waals surface area contributed by atoms with Crippen molar-refractivity contribution in [3.63, 3.8) is 0 Å². The molecule has 0 aliphatic carbocycles. The van der Waals surface area contributed by atoms with Gasteiger partial charge < -0.3 is 19.5 Å². The van der Waals surface area contributed by atoms with Crippen LogP contribution in [0, 0.1) is 5.92 Å². The first-order chi connectivity index (χ1) is 13.8. The molecule has 1 aromatic heterocycles. The van der Waals surface area contributed by atoms with Crippen LogP contribution >= 0.6 is 0 Å². The van der Waals surface area contributed by atoms with Crippen molar-refractivity contribution in [2.24, 2.45) is 5.92 Å². The van der Waals surface area contributed by atoms with E-state index < -0.39 is 0 Å². The summed E-state index contributed by atoms with van der Waals surface area (Å²) in [5.74, 6) is 2.22. The molecule has 2 aliphatic heterocycles. The maximum Gasteiger partial charge on any atom is 0.317 e. The predicted octanol–water partition coefficient (Wildman–Crippen LogP) is 2.78. The van der Waals surface area contributed by atoms with Crippen LogP contribution in [0.2, 0.25) is 0 Å². The molecule has 0 bridgehead atoms. The van der Waals surface area contributed by atoms with E-state index in [-0.39, 0.29) is 6.03 Å². The molecule has 0 spiro atoms. The van der Waals surface area contributed by atoms with Gasteiger partial charge in [-0.05, 0) is 37.2 Å².